The monoisotopic (exact) mass is 276 g/mol. The molecular weight excluding hydrogens is 248 g/mol. The molecule has 0 radical (unpaired) electrons. The molecule has 0 saturated heterocycles. The molecule has 2 rings (SSSR count). The summed E-state index contributed by atoms with van der Waals surface area (Å²) in [6, 6.07) is 0.619. The molecule has 4 heteroatoms. The van der Waals surface area contributed by atoms with Gasteiger partial charge in [0.1, 0.15) is 0 Å². The molecule has 1 aromatic heterocycles. The Morgan fingerprint density at radius 2 is 1.85 bits per heavy atom. The molecule has 0 aliphatic heterocycles. The van der Waals surface area contributed by atoms with Crippen molar-refractivity contribution in [2.75, 3.05) is 18.5 Å². The zero-order chi connectivity index (χ0) is 14.4. The number of hydrogen-bond acceptors (Lipinski definition) is 4. The number of anilines is 1. The van der Waals surface area contributed by atoms with Gasteiger partial charge in [-0.1, -0.05) is 33.1 Å². The first kappa shape index (κ1) is 15.2. The lowest BCUT2D eigenvalue weighted by Crippen LogP contribution is -2.34. The second-order valence-corrected chi connectivity index (χ2v) is 6.32. The van der Waals surface area contributed by atoms with Crippen molar-refractivity contribution >= 4 is 5.95 Å². The number of nitrogens with zero attached hydrogens (tertiary/aromatic N) is 3. The van der Waals surface area contributed by atoms with Crippen molar-refractivity contribution in [3.63, 3.8) is 0 Å². The number of rotatable bonds is 6. The van der Waals surface area contributed by atoms with E-state index in [1.807, 2.05) is 12.4 Å². The second kappa shape index (κ2) is 7.58. The smallest absolute Gasteiger partial charge is 0.225 e. The Bertz CT molecular complexity index is 382. The average Bonchev–Trinajstić information content (AvgIpc) is 2.48. The standard InChI is InChI=1S/C16H28N4/c1-13(2)9-17-10-14-11-18-16(19-12-14)20(3)15-7-5-4-6-8-15/h11-13,15,17H,4-10H2,1-3H3. The maximum atomic E-state index is 4.53. The summed E-state index contributed by atoms with van der Waals surface area (Å²) in [7, 11) is 2.13. The van der Waals surface area contributed by atoms with Gasteiger partial charge in [-0.2, -0.15) is 0 Å². The molecule has 1 fully saturated rings. The summed E-state index contributed by atoms with van der Waals surface area (Å²) in [5, 5.41) is 3.42. The first-order valence-corrected chi connectivity index (χ1v) is 7.91. The molecule has 112 valence electrons. The van der Waals surface area contributed by atoms with Gasteiger partial charge in [0.05, 0.1) is 0 Å². The van der Waals surface area contributed by atoms with E-state index in [4.69, 9.17) is 0 Å². The minimum atomic E-state index is 0.619. The van der Waals surface area contributed by atoms with Crippen LogP contribution in [0.2, 0.25) is 0 Å². The van der Waals surface area contributed by atoms with Gasteiger partial charge in [0, 0.05) is 37.6 Å². The minimum absolute atomic E-state index is 0.619. The summed E-state index contributed by atoms with van der Waals surface area (Å²) in [5.41, 5.74) is 1.16. The third-order valence-corrected chi connectivity index (χ3v) is 4.01. The van der Waals surface area contributed by atoms with E-state index in [-0.39, 0.29) is 0 Å². The van der Waals surface area contributed by atoms with E-state index in [2.05, 4.69) is 41.1 Å². The van der Waals surface area contributed by atoms with E-state index in [0.29, 0.717) is 12.0 Å². The summed E-state index contributed by atoms with van der Waals surface area (Å²) in [6.07, 6.45) is 10.5. The van der Waals surface area contributed by atoms with Gasteiger partial charge in [-0.15, -0.1) is 0 Å². The highest BCUT2D eigenvalue weighted by Crippen LogP contribution is 2.23. The van der Waals surface area contributed by atoms with Gasteiger partial charge >= 0.3 is 0 Å². The molecule has 1 N–H and O–H groups in total. The Balaban J connectivity index is 1.86. The average molecular weight is 276 g/mol. The molecule has 0 atom stereocenters. The molecule has 1 aromatic rings. The van der Waals surface area contributed by atoms with Crippen LogP contribution in [-0.2, 0) is 6.54 Å². The van der Waals surface area contributed by atoms with Crippen molar-refractivity contribution in [2.24, 2.45) is 5.92 Å². The van der Waals surface area contributed by atoms with Gasteiger partial charge in [0.25, 0.3) is 0 Å². The first-order chi connectivity index (χ1) is 9.66. The van der Waals surface area contributed by atoms with Crippen LogP contribution < -0.4 is 10.2 Å². The minimum Gasteiger partial charge on any atom is -0.341 e. The quantitative estimate of drug-likeness (QED) is 0.867. The lowest BCUT2D eigenvalue weighted by Gasteiger charge is -2.31. The van der Waals surface area contributed by atoms with Gasteiger partial charge in [-0.25, -0.2) is 9.97 Å². The Labute approximate surface area is 123 Å². The van der Waals surface area contributed by atoms with Crippen molar-refractivity contribution in [2.45, 2.75) is 58.5 Å². The Morgan fingerprint density at radius 3 is 2.45 bits per heavy atom. The molecule has 0 amide bonds. The summed E-state index contributed by atoms with van der Waals surface area (Å²) in [4.78, 5) is 11.3. The maximum absolute atomic E-state index is 4.53. The van der Waals surface area contributed by atoms with Crippen molar-refractivity contribution in [1.82, 2.24) is 15.3 Å². The van der Waals surface area contributed by atoms with Crippen LogP contribution in [0.1, 0.15) is 51.5 Å². The molecule has 0 unspecified atom stereocenters. The van der Waals surface area contributed by atoms with E-state index < -0.39 is 0 Å². The SMILES string of the molecule is CC(C)CNCc1cnc(N(C)C2CCCCC2)nc1. The van der Waals surface area contributed by atoms with Crippen LogP contribution in [0, 0.1) is 5.92 Å². The Kier molecular flexibility index (Phi) is 5.77. The molecule has 1 aliphatic rings. The predicted molar refractivity (Wildman–Crippen MR) is 83.9 cm³/mol. The van der Waals surface area contributed by atoms with E-state index in [0.717, 1.165) is 24.6 Å². The first-order valence-electron chi connectivity index (χ1n) is 7.91. The zero-order valence-corrected chi connectivity index (χ0v) is 13.1. The van der Waals surface area contributed by atoms with Gasteiger partial charge in [-0.3, -0.25) is 0 Å². The molecule has 20 heavy (non-hydrogen) atoms. The van der Waals surface area contributed by atoms with Crippen LogP contribution in [-0.4, -0.2) is 29.6 Å². The predicted octanol–water partition coefficient (Wildman–Crippen LogP) is 2.99. The van der Waals surface area contributed by atoms with Crippen LogP contribution >= 0.6 is 0 Å². The summed E-state index contributed by atoms with van der Waals surface area (Å²) >= 11 is 0. The summed E-state index contributed by atoms with van der Waals surface area (Å²) in [5.74, 6) is 1.54. The van der Waals surface area contributed by atoms with Crippen molar-refractivity contribution in [3.8, 4) is 0 Å². The number of aromatic nitrogens is 2. The topological polar surface area (TPSA) is 41.1 Å². The maximum Gasteiger partial charge on any atom is 0.225 e. The lowest BCUT2D eigenvalue weighted by molar-refractivity contribution is 0.424. The number of hydrogen-bond donors (Lipinski definition) is 1. The lowest BCUT2D eigenvalue weighted by atomic mass is 9.95. The van der Waals surface area contributed by atoms with Crippen molar-refractivity contribution in [3.05, 3.63) is 18.0 Å². The third-order valence-electron chi connectivity index (χ3n) is 4.01. The Hall–Kier alpha value is -1.16. The highest BCUT2D eigenvalue weighted by molar-refractivity contribution is 5.30. The van der Waals surface area contributed by atoms with Gasteiger partial charge in [-0.05, 0) is 25.3 Å². The van der Waals surface area contributed by atoms with Crippen molar-refractivity contribution in [1.29, 1.82) is 0 Å². The van der Waals surface area contributed by atoms with Crippen molar-refractivity contribution < 1.29 is 0 Å². The summed E-state index contributed by atoms with van der Waals surface area (Å²) < 4.78 is 0. The molecule has 1 aliphatic carbocycles. The van der Waals surface area contributed by atoms with Crippen LogP contribution in [0.5, 0.6) is 0 Å². The fourth-order valence-corrected chi connectivity index (χ4v) is 2.76. The van der Waals surface area contributed by atoms with Crippen LogP contribution in [0.25, 0.3) is 0 Å². The fourth-order valence-electron chi connectivity index (χ4n) is 2.76. The fraction of sp³-hybridized carbons (Fsp3) is 0.750. The van der Waals surface area contributed by atoms with Crippen LogP contribution in [0.4, 0.5) is 5.95 Å². The van der Waals surface area contributed by atoms with Crippen LogP contribution in [0.3, 0.4) is 0 Å². The van der Waals surface area contributed by atoms with E-state index in [9.17, 15) is 0 Å². The van der Waals surface area contributed by atoms with Gasteiger partial charge < -0.3 is 10.2 Å². The molecule has 1 saturated carbocycles. The third kappa shape index (κ3) is 4.44. The summed E-state index contributed by atoms with van der Waals surface area (Å²) in [6.45, 7) is 6.31. The zero-order valence-electron chi connectivity index (χ0n) is 13.1. The normalized spacial score (nSPS) is 16.6. The van der Waals surface area contributed by atoms with Gasteiger partial charge in [0.2, 0.25) is 5.95 Å². The second-order valence-electron chi connectivity index (χ2n) is 6.32. The molecule has 0 spiro atoms. The van der Waals surface area contributed by atoms with E-state index in [1.165, 1.54) is 32.1 Å². The Morgan fingerprint density at radius 1 is 1.20 bits per heavy atom. The highest BCUT2D eigenvalue weighted by Gasteiger charge is 2.19. The molecule has 0 bridgehead atoms. The molecule has 4 nitrogen and oxygen atoms in total. The van der Waals surface area contributed by atoms with E-state index in [1.54, 1.807) is 0 Å². The molecule has 0 aromatic carbocycles. The van der Waals surface area contributed by atoms with E-state index >= 15 is 0 Å². The molecular formula is C16H28N4. The highest BCUT2D eigenvalue weighted by atomic mass is 15.2. The molecule has 1 heterocycles. The van der Waals surface area contributed by atoms with Gasteiger partial charge in [0.15, 0.2) is 0 Å². The van der Waals surface area contributed by atoms with Crippen LogP contribution in [0.15, 0.2) is 12.4 Å². The number of nitrogens with one attached hydrogen (secondary N) is 1. The largest absolute Gasteiger partial charge is 0.341 e.